The fourth-order valence-electron chi connectivity index (χ4n) is 1.67. The van der Waals surface area contributed by atoms with Crippen LogP contribution in [0.3, 0.4) is 0 Å². The summed E-state index contributed by atoms with van der Waals surface area (Å²) in [5.41, 5.74) is 0.498. The lowest BCUT2D eigenvalue weighted by Gasteiger charge is -2.11. The van der Waals surface area contributed by atoms with Gasteiger partial charge in [-0.3, -0.25) is 4.79 Å². The summed E-state index contributed by atoms with van der Waals surface area (Å²) < 4.78 is 15.7. The van der Waals surface area contributed by atoms with Crippen molar-refractivity contribution in [2.24, 2.45) is 0 Å². The minimum Gasteiger partial charge on any atom is -0.497 e. The van der Waals surface area contributed by atoms with Crippen LogP contribution in [0.1, 0.15) is 30.6 Å². The fraction of sp³-hybridized carbons (Fsp3) is 0.533. The van der Waals surface area contributed by atoms with Crippen LogP contribution < -0.4 is 14.8 Å². The van der Waals surface area contributed by atoms with Crippen molar-refractivity contribution in [2.75, 3.05) is 27.4 Å². The maximum Gasteiger partial charge on any atom is 0.255 e. The fourth-order valence-corrected chi connectivity index (χ4v) is 1.67. The third-order valence-electron chi connectivity index (χ3n) is 2.71. The summed E-state index contributed by atoms with van der Waals surface area (Å²) in [6.07, 6.45) is 0.995. The van der Waals surface area contributed by atoms with Crippen LogP contribution in [0, 0.1) is 0 Å². The van der Waals surface area contributed by atoms with Crippen LogP contribution in [0.5, 0.6) is 11.5 Å². The molecule has 0 fully saturated rings. The van der Waals surface area contributed by atoms with Gasteiger partial charge in [-0.15, -0.1) is 0 Å². The van der Waals surface area contributed by atoms with E-state index in [4.69, 9.17) is 14.2 Å². The largest absolute Gasteiger partial charge is 0.497 e. The normalized spacial score (nSPS) is 10.4. The molecule has 1 N–H and O–H groups in total. The van der Waals surface area contributed by atoms with Gasteiger partial charge in [-0.05, 0) is 32.4 Å². The van der Waals surface area contributed by atoms with Gasteiger partial charge < -0.3 is 19.5 Å². The van der Waals surface area contributed by atoms with Gasteiger partial charge in [0.2, 0.25) is 0 Å². The highest BCUT2D eigenvalue weighted by Gasteiger charge is 2.12. The molecule has 5 nitrogen and oxygen atoms in total. The molecule has 0 aliphatic heterocycles. The summed E-state index contributed by atoms with van der Waals surface area (Å²) in [6, 6.07) is 5.12. The van der Waals surface area contributed by atoms with Crippen molar-refractivity contribution < 1.29 is 19.0 Å². The molecule has 0 saturated carbocycles. The Kier molecular flexibility index (Phi) is 6.87. The van der Waals surface area contributed by atoms with Crippen molar-refractivity contribution in [3.05, 3.63) is 23.8 Å². The van der Waals surface area contributed by atoms with Crippen molar-refractivity contribution in [3.8, 4) is 11.5 Å². The van der Waals surface area contributed by atoms with Crippen LogP contribution >= 0.6 is 0 Å². The third kappa shape index (κ3) is 5.09. The molecule has 0 radical (unpaired) electrons. The zero-order valence-corrected chi connectivity index (χ0v) is 12.6. The second-order valence-electron chi connectivity index (χ2n) is 4.60. The van der Waals surface area contributed by atoms with Crippen LogP contribution in [0.4, 0.5) is 0 Å². The lowest BCUT2D eigenvalue weighted by atomic mass is 10.1. The molecule has 1 aromatic carbocycles. The number of ether oxygens (including phenoxy) is 3. The van der Waals surface area contributed by atoms with E-state index in [-0.39, 0.29) is 12.0 Å². The molecule has 112 valence electrons. The molecule has 1 amide bonds. The third-order valence-corrected chi connectivity index (χ3v) is 2.71. The van der Waals surface area contributed by atoms with Gasteiger partial charge in [0.15, 0.2) is 0 Å². The summed E-state index contributed by atoms with van der Waals surface area (Å²) in [5, 5.41) is 2.85. The van der Waals surface area contributed by atoms with E-state index in [1.807, 2.05) is 13.8 Å². The molecule has 1 rings (SSSR count). The van der Waals surface area contributed by atoms with E-state index in [0.717, 1.165) is 6.42 Å². The number of carbonyl (C=O) groups is 1. The van der Waals surface area contributed by atoms with Crippen molar-refractivity contribution in [1.82, 2.24) is 5.32 Å². The SMILES string of the molecule is COc1ccc(C(=O)NCCCOC(C)C)c(OC)c1. The van der Waals surface area contributed by atoms with Crippen molar-refractivity contribution >= 4 is 5.91 Å². The molecule has 0 aliphatic carbocycles. The number of hydrogen-bond donors (Lipinski definition) is 1. The Morgan fingerprint density at radius 2 is 2.00 bits per heavy atom. The molecule has 0 unspecified atom stereocenters. The van der Waals surface area contributed by atoms with Crippen LogP contribution in [-0.2, 0) is 4.74 Å². The van der Waals surface area contributed by atoms with E-state index in [1.165, 1.54) is 7.11 Å². The molecule has 0 bridgehead atoms. The van der Waals surface area contributed by atoms with Crippen LogP contribution in [0.2, 0.25) is 0 Å². The van der Waals surface area contributed by atoms with Gasteiger partial charge in [0.05, 0.1) is 25.9 Å². The van der Waals surface area contributed by atoms with E-state index in [1.54, 1.807) is 25.3 Å². The number of hydrogen-bond acceptors (Lipinski definition) is 4. The predicted octanol–water partition coefficient (Wildman–Crippen LogP) is 2.25. The zero-order valence-electron chi connectivity index (χ0n) is 12.6. The standard InChI is InChI=1S/C15H23NO4/c1-11(2)20-9-5-8-16-15(17)13-7-6-12(18-3)10-14(13)19-4/h6-7,10-11H,5,8-9H2,1-4H3,(H,16,17). The maximum absolute atomic E-state index is 12.0. The molecule has 0 heterocycles. The van der Waals surface area contributed by atoms with E-state index < -0.39 is 0 Å². The van der Waals surface area contributed by atoms with E-state index in [9.17, 15) is 4.79 Å². The summed E-state index contributed by atoms with van der Waals surface area (Å²) in [6.45, 7) is 5.18. The number of carbonyl (C=O) groups excluding carboxylic acids is 1. The minimum atomic E-state index is -0.158. The van der Waals surface area contributed by atoms with Gasteiger partial charge in [0.25, 0.3) is 5.91 Å². The van der Waals surface area contributed by atoms with Gasteiger partial charge in [0.1, 0.15) is 11.5 Å². The Hall–Kier alpha value is -1.75. The first-order valence-corrected chi connectivity index (χ1v) is 6.70. The first kappa shape index (κ1) is 16.3. The highest BCUT2D eigenvalue weighted by molar-refractivity contribution is 5.97. The molecular weight excluding hydrogens is 258 g/mol. The first-order chi connectivity index (χ1) is 9.58. The molecule has 5 heteroatoms. The summed E-state index contributed by atoms with van der Waals surface area (Å²) in [7, 11) is 3.10. The van der Waals surface area contributed by atoms with Crippen molar-refractivity contribution in [2.45, 2.75) is 26.4 Å². The number of rotatable bonds is 8. The molecule has 0 spiro atoms. The average molecular weight is 281 g/mol. The van der Waals surface area contributed by atoms with Crippen molar-refractivity contribution in [1.29, 1.82) is 0 Å². The Labute approximate surface area is 120 Å². The lowest BCUT2D eigenvalue weighted by Crippen LogP contribution is -2.26. The molecule has 0 atom stereocenters. The molecule has 0 saturated heterocycles. The van der Waals surface area contributed by atoms with E-state index in [0.29, 0.717) is 30.2 Å². The Morgan fingerprint density at radius 3 is 2.60 bits per heavy atom. The molecule has 0 aromatic heterocycles. The maximum atomic E-state index is 12.0. The Bertz CT molecular complexity index is 432. The summed E-state index contributed by atoms with van der Waals surface area (Å²) in [5.74, 6) is 0.998. The lowest BCUT2D eigenvalue weighted by molar-refractivity contribution is 0.0757. The topological polar surface area (TPSA) is 56.8 Å². The summed E-state index contributed by atoms with van der Waals surface area (Å²) in [4.78, 5) is 12.0. The van der Waals surface area contributed by atoms with Crippen LogP contribution in [0.25, 0.3) is 0 Å². The van der Waals surface area contributed by atoms with E-state index >= 15 is 0 Å². The van der Waals surface area contributed by atoms with Crippen molar-refractivity contribution in [3.63, 3.8) is 0 Å². The molecular formula is C15H23NO4. The molecule has 0 aliphatic rings. The highest BCUT2D eigenvalue weighted by atomic mass is 16.5. The molecule has 20 heavy (non-hydrogen) atoms. The highest BCUT2D eigenvalue weighted by Crippen LogP contribution is 2.24. The quantitative estimate of drug-likeness (QED) is 0.743. The Morgan fingerprint density at radius 1 is 1.25 bits per heavy atom. The molecule has 1 aromatic rings. The minimum absolute atomic E-state index is 0.158. The van der Waals surface area contributed by atoms with Crippen LogP contribution in [-0.4, -0.2) is 39.4 Å². The van der Waals surface area contributed by atoms with Crippen LogP contribution in [0.15, 0.2) is 18.2 Å². The smallest absolute Gasteiger partial charge is 0.255 e. The Balaban J connectivity index is 2.50. The number of benzene rings is 1. The van der Waals surface area contributed by atoms with Gasteiger partial charge in [-0.1, -0.05) is 0 Å². The first-order valence-electron chi connectivity index (χ1n) is 6.70. The second kappa shape index (κ2) is 8.43. The van der Waals surface area contributed by atoms with E-state index in [2.05, 4.69) is 5.32 Å². The number of amides is 1. The zero-order chi connectivity index (χ0) is 15.0. The number of nitrogens with one attached hydrogen (secondary N) is 1. The van der Waals surface area contributed by atoms with Gasteiger partial charge in [0, 0.05) is 19.2 Å². The predicted molar refractivity (Wildman–Crippen MR) is 77.6 cm³/mol. The van der Waals surface area contributed by atoms with Gasteiger partial charge in [-0.25, -0.2) is 0 Å². The summed E-state index contributed by atoms with van der Waals surface area (Å²) >= 11 is 0. The number of methoxy groups -OCH3 is 2. The van der Waals surface area contributed by atoms with Gasteiger partial charge >= 0.3 is 0 Å². The van der Waals surface area contributed by atoms with Gasteiger partial charge in [-0.2, -0.15) is 0 Å². The second-order valence-corrected chi connectivity index (χ2v) is 4.60. The monoisotopic (exact) mass is 281 g/mol. The average Bonchev–Trinajstić information content (AvgIpc) is 2.45.